The summed E-state index contributed by atoms with van der Waals surface area (Å²) in [6.07, 6.45) is 3.76. The number of allylic oxidation sites excluding steroid dienone is 1. The van der Waals surface area contributed by atoms with E-state index in [4.69, 9.17) is 10.5 Å². The van der Waals surface area contributed by atoms with Crippen LogP contribution in [-0.4, -0.2) is 28.8 Å². The average Bonchev–Trinajstić information content (AvgIpc) is 2.44. The van der Waals surface area contributed by atoms with Gasteiger partial charge in [0.05, 0.1) is 11.9 Å². The Bertz CT molecular complexity index is 543. The van der Waals surface area contributed by atoms with Gasteiger partial charge in [-0.2, -0.15) is 4.98 Å². The van der Waals surface area contributed by atoms with Crippen LogP contribution in [0.2, 0.25) is 0 Å². The fourth-order valence-corrected chi connectivity index (χ4v) is 1.70. The van der Waals surface area contributed by atoms with Crippen LogP contribution in [0.1, 0.15) is 47.5 Å². The Hall–Kier alpha value is -2.11. The van der Waals surface area contributed by atoms with Crippen LogP contribution in [0.5, 0.6) is 5.75 Å². The molecule has 6 nitrogen and oxygen atoms in total. The van der Waals surface area contributed by atoms with Gasteiger partial charge in [-0.15, -0.1) is 0 Å². The maximum atomic E-state index is 5.84. The maximum Gasteiger partial charge on any atom is 0.222 e. The number of rotatable bonds is 8. The van der Waals surface area contributed by atoms with Crippen molar-refractivity contribution < 1.29 is 4.74 Å². The number of hydrogen-bond donors (Lipinski definition) is 2. The van der Waals surface area contributed by atoms with Crippen molar-refractivity contribution in [1.82, 2.24) is 9.97 Å². The zero-order valence-corrected chi connectivity index (χ0v) is 14.2. The monoisotopic (exact) mass is 305 g/mol. The van der Waals surface area contributed by atoms with Crippen molar-refractivity contribution in [3.8, 4) is 5.75 Å². The zero-order valence-electron chi connectivity index (χ0n) is 14.2. The molecule has 0 bridgehead atoms. The number of nitrogens with one attached hydrogen (secondary N) is 1. The van der Waals surface area contributed by atoms with E-state index >= 15 is 0 Å². The Balaban J connectivity index is 2.84. The molecule has 0 amide bonds. The molecule has 0 fully saturated rings. The SMILES string of the molecule is CCCCNc1nc(N)ncc1OCC(N=C(C)C)=C(C)C. The number of anilines is 2. The van der Waals surface area contributed by atoms with Gasteiger partial charge in [-0.1, -0.05) is 18.9 Å². The van der Waals surface area contributed by atoms with E-state index in [1.54, 1.807) is 6.20 Å². The van der Waals surface area contributed by atoms with E-state index < -0.39 is 0 Å². The van der Waals surface area contributed by atoms with Crippen LogP contribution in [0.3, 0.4) is 0 Å². The van der Waals surface area contributed by atoms with Crippen molar-refractivity contribution in [2.75, 3.05) is 24.2 Å². The van der Waals surface area contributed by atoms with Crippen molar-refractivity contribution in [2.45, 2.75) is 47.5 Å². The topological polar surface area (TPSA) is 85.4 Å². The van der Waals surface area contributed by atoms with Crippen LogP contribution in [0, 0.1) is 0 Å². The number of aliphatic imine (C=N–C) groups is 1. The van der Waals surface area contributed by atoms with Gasteiger partial charge in [-0.25, -0.2) is 4.98 Å². The fraction of sp³-hybridized carbons (Fsp3) is 0.562. The van der Waals surface area contributed by atoms with Gasteiger partial charge in [-0.05, 0) is 34.1 Å². The summed E-state index contributed by atoms with van der Waals surface area (Å²) < 4.78 is 5.84. The van der Waals surface area contributed by atoms with E-state index in [-0.39, 0.29) is 5.95 Å². The van der Waals surface area contributed by atoms with Crippen molar-refractivity contribution in [3.63, 3.8) is 0 Å². The number of unbranched alkanes of at least 4 members (excludes halogenated alkanes) is 1. The van der Waals surface area contributed by atoms with E-state index in [9.17, 15) is 0 Å². The standard InChI is InChI=1S/C16H27N5O/c1-6-7-8-18-15-14(9-19-16(17)21-15)22-10-13(11(2)3)20-12(4)5/h9H,6-8,10H2,1-5H3,(H3,17,18,19,21). The quantitative estimate of drug-likeness (QED) is 0.567. The van der Waals surface area contributed by atoms with E-state index in [1.807, 2.05) is 27.7 Å². The lowest BCUT2D eigenvalue weighted by molar-refractivity contribution is 0.348. The predicted octanol–water partition coefficient (Wildman–Crippen LogP) is 3.42. The second kappa shape index (κ2) is 9.02. The van der Waals surface area contributed by atoms with Crippen LogP contribution >= 0.6 is 0 Å². The summed E-state index contributed by atoms with van der Waals surface area (Å²) in [5.74, 6) is 1.45. The minimum atomic E-state index is 0.233. The van der Waals surface area contributed by atoms with E-state index in [0.717, 1.165) is 36.4 Å². The summed E-state index contributed by atoms with van der Waals surface area (Å²) in [5.41, 5.74) is 8.68. The van der Waals surface area contributed by atoms with Crippen LogP contribution in [0.4, 0.5) is 11.8 Å². The molecular weight excluding hydrogens is 278 g/mol. The summed E-state index contributed by atoms with van der Waals surface area (Å²) in [5, 5.41) is 3.24. The lowest BCUT2D eigenvalue weighted by atomic mass is 10.2. The van der Waals surface area contributed by atoms with Gasteiger partial charge < -0.3 is 15.8 Å². The van der Waals surface area contributed by atoms with Gasteiger partial charge in [0.25, 0.3) is 0 Å². The summed E-state index contributed by atoms with van der Waals surface area (Å²) >= 11 is 0. The molecule has 1 aromatic heterocycles. The molecule has 1 heterocycles. The fourth-order valence-electron chi connectivity index (χ4n) is 1.70. The third kappa shape index (κ3) is 6.11. The summed E-state index contributed by atoms with van der Waals surface area (Å²) in [4.78, 5) is 12.7. The van der Waals surface area contributed by atoms with Gasteiger partial charge in [0.15, 0.2) is 11.6 Å². The Morgan fingerprint density at radius 1 is 1.32 bits per heavy atom. The second-order valence-electron chi connectivity index (χ2n) is 5.52. The van der Waals surface area contributed by atoms with Gasteiger partial charge >= 0.3 is 0 Å². The van der Waals surface area contributed by atoms with Gasteiger partial charge in [0, 0.05) is 12.3 Å². The third-order valence-electron chi connectivity index (χ3n) is 2.90. The zero-order chi connectivity index (χ0) is 16.5. The number of ether oxygens (including phenoxy) is 1. The van der Waals surface area contributed by atoms with Crippen molar-refractivity contribution in [2.24, 2.45) is 4.99 Å². The van der Waals surface area contributed by atoms with Gasteiger partial charge in [0.1, 0.15) is 6.61 Å². The van der Waals surface area contributed by atoms with Gasteiger partial charge in [0.2, 0.25) is 5.95 Å². The Labute approximate surface area is 132 Å². The molecule has 1 rings (SSSR count). The van der Waals surface area contributed by atoms with Crippen molar-refractivity contribution in [1.29, 1.82) is 0 Å². The molecule has 0 radical (unpaired) electrons. The molecule has 0 atom stereocenters. The van der Waals surface area contributed by atoms with Crippen LogP contribution in [0.15, 0.2) is 22.5 Å². The molecule has 6 heteroatoms. The molecule has 0 aliphatic carbocycles. The lowest BCUT2D eigenvalue weighted by Crippen LogP contribution is -2.10. The minimum Gasteiger partial charge on any atom is -0.482 e. The normalized spacial score (nSPS) is 10.0. The van der Waals surface area contributed by atoms with E-state index in [2.05, 4.69) is 27.2 Å². The molecule has 22 heavy (non-hydrogen) atoms. The molecule has 0 aliphatic rings. The smallest absolute Gasteiger partial charge is 0.222 e. The molecule has 0 aromatic carbocycles. The highest BCUT2D eigenvalue weighted by Crippen LogP contribution is 2.22. The minimum absolute atomic E-state index is 0.233. The van der Waals surface area contributed by atoms with E-state index in [0.29, 0.717) is 18.2 Å². The molecule has 0 aliphatic heterocycles. The number of nitrogens with two attached hydrogens (primary N) is 1. The summed E-state index contributed by atoms with van der Waals surface area (Å²) in [6.45, 7) is 11.3. The molecule has 0 spiro atoms. The highest BCUT2D eigenvalue weighted by atomic mass is 16.5. The first kappa shape index (κ1) is 17.9. The number of nitrogens with zero attached hydrogens (tertiary/aromatic N) is 3. The first-order valence-corrected chi connectivity index (χ1v) is 7.61. The summed E-state index contributed by atoms with van der Waals surface area (Å²) in [6, 6.07) is 0. The van der Waals surface area contributed by atoms with Crippen molar-refractivity contribution >= 4 is 17.5 Å². The number of hydrogen-bond acceptors (Lipinski definition) is 6. The first-order chi connectivity index (χ1) is 10.4. The van der Waals surface area contributed by atoms with Crippen LogP contribution < -0.4 is 15.8 Å². The largest absolute Gasteiger partial charge is 0.482 e. The Kier molecular flexibility index (Phi) is 7.36. The average molecular weight is 305 g/mol. The lowest BCUT2D eigenvalue weighted by Gasteiger charge is -2.13. The Morgan fingerprint density at radius 2 is 2.05 bits per heavy atom. The molecule has 1 aromatic rings. The highest BCUT2D eigenvalue weighted by Gasteiger charge is 2.08. The maximum absolute atomic E-state index is 5.84. The van der Waals surface area contributed by atoms with Crippen LogP contribution in [0.25, 0.3) is 0 Å². The van der Waals surface area contributed by atoms with E-state index in [1.165, 1.54) is 0 Å². The first-order valence-electron chi connectivity index (χ1n) is 7.61. The van der Waals surface area contributed by atoms with Crippen LogP contribution in [-0.2, 0) is 0 Å². The van der Waals surface area contributed by atoms with Crippen molar-refractivity contribution in [3.05, 3.63) is 17.5 Å². The second-order valence-corrected chi connectivity index (χ2v) is 5.52. The molecule has 0 saturated heterocycles. The predicted molar refractivity (Wildman–Crippen MR) is 92.5 cm³/mol. The number of aromatic nitrogens is 2. The Morgan fingerprint density at radius 3 is 2.64 bits per heavy atom. The molecule has 0 unspecified atom stereocenters. The molecule has 0 saturated carbocycles. The molecule has 3 N–H and O–H groups in total. The molecule has 122 valence electrons. The van der Waals surface area contributed by atoms with Gasteiger partial charge in [-0.3, -0.25) is 4.99 Å². The third-order valence-corrected chi connectivity index (χ3v) is 2.90. The highest BCUT2D eigenvalue weighted by molar-refractivity contribution is 5.80. The number of nitrogen functional groups attached to an aromatic ring is 1. The summed E-state index contributed by atoms with van der Waals surface area (Å²) in [7, 11) is 0. The molecular formula is C16H27N5O.